The van der Waals surface area contributed by atoms with Crippen LogP contribution in [-0.4, -0.2) is 29.6 Å². The molecule has 3 heterocycles. The van der Waals surface area contributed by atoms with Gasteiger partial charge in [-0.1, -0.05) is 18.2 Å². The van der Waals surface area contributed by atoms with E-state index in [-0.39, 0.29) is 21.3 Å². The van der Waals surface area contributed by atoms with E-state index in [1.165, 1.54) is 4.52 Å². The summed E-state index contributed by atoms with van der Waals surface area (Å²) in [5, 5.41) is 7.39. The average molecular weight is 329 g/mol. The number of nitrogen functional groups attached to an aromatic ring is 1. The molecule has 0 atom stereocenters. The highest BCUT2D eigenvalue weighted by Gasteiger charge is 2.28. The maximum Gasteiger partial charge on any atom is 0.214 e. The quantitative estimate of drug-likeness (QED) is 0.720. The van der Waals surface area contributed by atoms with Gasteiger partial charge in [-0.05, 0) is 12.1 Å². The highest BCUT2D eigenvalue weighted by Crippen LogP contribution is 2.29. The van der Waals surface area contributed by atoms with Gasteiger partial charge in [-0.3, -0.25) is 0 Å². The number of rotatable bonds is 2. The number of benzene rings is 1. The van der Waals surface area contributed by atoms with E-state index in [4.69, 9.17) is 5.73 Å². The Morgan fingerprint density at radius 1 is 1.22 bits per heavy atom. The summed E-state index contributed by atoms with van der Waals surface area (Å²) in [6.07, 6.45) is 2.55. The van der Waals surface area contributed by atoms with Crippen molar-refractivity contribution in [3.63, 3.8) is 0 Å². The van der Waals surface area contributed by atoms with Gasteiger partial charge < -0.3 is 11.1 Å². The second-order valence-corrected chi connectivity index (χ2v) is 7.33. The fraction of sp³-hybridized carbons (Fsp3) is 0.200. The van der Waals surface area contributed by atoms with Crippen LogP contribution < -0.4 is 11.1 Å². The number of nitrogens with two attached hydrogens (primary N) is 1. The molecule has 3 aromatic rings. The predicted molar refractivity (Wildman–Crippen MR) is 84.7 cm³/mol. The van der Waals surface area contributed by atoms with Crippen LogP contribution in [-0.2, 0) is 22.8 Å². The number of fused-ring (bicyclic) bond motifs is 2. The van der Waals surface area contributed by atoms with E-state index < -0.39 is 9.84 Å². The summed E-state index contributed by atoms with van der Waals surface area (Å²) < 4.78 is 27.3. The van der Waals surface area contributed by atoms with Gasteiger partial charge in [0.2, 0.25) is 9.84 Å². The molecular weight excluding hydrogens is 314 g/mol. The fourth-order valence-corrected chi connectivity index (χ4v) is 4.26. The summed E-state index contributed by atoms with van der Waals surface area (Å²) >= 11 is 0. The van der Waals surface area contributed by atoms with E-state index in [1.807, 2.05) is 0 Å². The molecular formula is C15H15N5O2S. The first-order valence-electron chi connectivity index (χ1n) is 7.25. The number of aromatic nitrogens is 3. The molecule has 1 aromatic carbocycles. The van der Waals surface area contributed by atoms with Gasteiger partial charge >= 0.3 is 0 Å². The van der Waals surface area contributed by atoms with Gasteiger partial charge in [0.15, 0.2) is 16.4 Å². The molecule has 2 aromatic heterocycles. The van der Waals surface area contributed by atoms with Crippen molar-refractivity contribution >= 4 is 21.3 Å². The number of nitrogens with one attached hydrogen (secondary N) is 1. The summed E-state index contributed by atoms with van der Waals surface area (Å²) in [4.78, 5) is 4.69. The second-order valence-electron chi connectivity index (χ2n) is 5.44. The lowest BCUT2D eigenvalue weighted by Crippen LogP contribution is -2.25. The maximum atomic E-state index is 12.9. The number of sulfone groups is 1. The van der Waals surface area contributed by atoms with Crippen molar-refractivity contribution in [2.45, 2.75) is 22.8 Å². The molecule has 0 unspecified atom stereocenters. The molecule has 0 fully saturated rings. The Labute approximate surface area is 133 Å². The van der Waals surface area contributed by atoms with Gasteiger partial charge in [0, 0.05) is 31.3 Å². The minimum Gasteiger partial charge on any atom is -0.381 e. The van der Waals surface area contributed by atoms with Crippen molar-refractivity contribution in [1.82, 2.24) is 19.9 Å². The Kier molecular flexibility index (Phi) is 3.10. The topological polar surface area (TPSA) is 102 Å². The molecule has 0 amide bonds. The number of nitrogens with zero attached hydrogens (tertiary/aromatic N) is 3. The van der Waals surface area contributed by atoms with E-state index in [0.717, 1.165) is 24.2 Å². The van der Waals surface area contributed by atoms with Gasteiger partial charge in [-0.15, -0.1) is 5.10 Å². The molecule has 3 N–H and O–H groups in total. The molecule has 1 aliphatic heterocycles. The van der Waals surface area contributed by atoms with Crippen LogP contribution >= 0.6 is 0 Å². The summed E-state index contributed by atoms with van der Waals surface area (Å²) in [6.45, 7) is 1.51. The number of anilines is 1. The summed E-state index contributed by atoms with van der Waals surface area (Å²) in [5.41, 5.74) is 8.09. The van der Waals surface area contributed by atoms with Crippen molar-refractivity contribution in [3.05, 3.63) is 47.8 Å². The zero-order valence-electron chi connectivity index (χ0n) is 12.2. The molecule has 8 heteroatoms. The van der Waals surface area contributed by atoms with Crippen molar-refractivity contribution in [2.24, 2.45) is 0 Å². The van der Waals surface area contributed by atoms with Crippen molar-refractivity contribution in [2.75, 3.05) is 12.3 Å². The Bertz CT molecular complexity index is 996. The van der Waals surface area contributed by atoms with Crippen molar-refractivity contribution in [3.8, 4) is 0 Å². The molecule has 118 valence electrons. The van der Waals surface area contributed by atoms with Crippen LogP contribution in [0.2, 0.25) is 0 Å². The predicted octanol–water partition coefficient (Wildman–Crippen LogP) is 0.790. The highest BCUT2D eigenvalue weighted by atomic mass is 32.2. The molecule has 0 radical (unpaired) electrons. The third-order valence-electron chi connectivity index (χ3n) is 3.93. The van der Waals surface area contributed by atoms with Crippen molar-refractivity contribution < 1.29 is 8.42 Å². The van der Waals surface area contributed by atoms with Crippen LogP contribution in [0.15, 0.2) is 46.3 Å². The first-order valence-corrected chi connectivity index (χ1v) is 8.73. The smallest absolute Gasteiger partial charge is 0.214 e. The van der Waals surface area contributed by atoms with Gasteiger partial charge in [-0.25, -0.2) is 17.9 Å². The normalized spacial score (nSPS) is 14.8. The Hall–Kier alpha value is -2.45. The molecule has 4 rings (SSSR count). The lowest BCUT2D eigenvalue weighted by Gasteiger charge is -2.15. The standard InChI is InChI=1S/C15H15N5O2S/c16-14-13(23(21,22)11-4-2-1-3-5-11)15-18-12-6-7-17-8-10(12)9-20(15)19-14/h1-5,9,17H,6-8H2,(H2,16,19). The minimum absolute atomic E-state index is 0.0231. The van der Waals surface area contributed by atoms with Gasteiger partial charge in [0.05, 0.1) is 10.6 Å². The second kappa shape index (κ2) is 5.04. The van der Waals surface area contributed by atoms with E-state index >= 15 is 0 Å². The largest absolute Gasteiger partial charge is 0.381 e. The molecule has 7 nitrogen and oxygen atoms in total. The maximum absolute atomic E-state index is 12.9. The van der Waals surface area contributed by atoms with Gasteiger partial charge in [0.1, 0.15) is 0 Å². The van der Waals surface area contributed by atoms with Crippen LogP contribution in [0, 0.1) is 0 Å². The van der Waals surface area contributed by atoms with Crippen LogP contribution in [0.4, 0.5) is 5.82 Å². The van der Waals surface area contributed by atoms with Crippen LogP contribution in [0.3, 0.4) is 0 Å². The van der Waals surface area contributed by atoms with E-state index in [1.54, 1.807) is 36.5 Å². The molecule has 0 spiro atoms. The minimum atomic E-state index is -3.77. The summed E-state index contributed by atoms with van der Waals surface area (Å²) in [5.74, 6) is -0.0309. The monoisotopic (exact) mass is 329 g/mol. The third kappa shape index (κ3) is 2.18. The fourth-order valence-electron chi connectivity index (χ4n) is 2.81. The first kappa shape index (κ1) is 14.2. The van der Waals surface area contributed by atoms with E-state index in [2.05, 4.69) is 15.4 Å². The zero-order chi connectivity index (χ0) is 16.0. The van der Waals surface area contributed by atoms with Gasteiger partial charge in [-0.2, -0.15) is 0 Å². The van der Waals surface area contributed by atoms with Crippen LogP contribution in [0.5, 0.6) is 0 Å². The molecule has 23 heavy (non-hydrogen) atoms. The van der Waals surface area contributed by atoms with Crippen LogP contribution in [0.1, 0.15) is 11.3 Å². The first-order chi connectivity index (χ1) is 11.1. The summed E-state index contributed by atoms with van der Waals surface area (Å²) in [6, 6.07) is 8.20. The highest BCUT2D eigenvalue weighted by molar-refractivity contribution is 7.91. The molecule has 0 saturated heterocycles. The molecule has 1 aliphatic rings. The summed E-state index contributed by atoms with van der Waals surface area (Å²) in [7, 11) is -3.77. The zero-order valence-corrected chi connectivity index (χ0v) is 13.0. The van der Waals surface area contributed by atoms with E-state index in [9.17, 15) is 8.42 Å². The number of hydrogen-bond donors (Lipinski definition) is 2. The van der Waals surface area contributed by atoms with Crippen molar-refractivity contribution in [1.29, 1.82) is 0 Å². The lowest BCUT2D eigenvalue weighted by atomic mass is 10.1. The SMILES string of the molecule is Nc1nn2cc3c(nc2c1S(=O)(=O)c1ccccc1)CCNC3. The number of hydrogen-bond acceptors (Lipinski definition) is 6. The molecule has 0 saturated carbocycles. The lowest BCUT2D eigenvalue weighted by molar-refractivity contribution is 0.596. The van der Waals surface area contributed by atoms with Crippen LogP contribution in [0.25, 0.3) is 5.65 Å². The molecule has 0 aliphatic carbocycles. The van der Waals surface area contributed by atoms with E-state index in [0.29, 0.717) is 6.54 Å². The molecule has 0 bridgehead atoms. The van der Waals surface area contributed by atoms with Gasteiger partial charge in [0.25, 0.3) is 0 Å². The Balaban J connectivity index is 1.99. The Morgan fingerprint density at radius 2 is 2.00 bits per heavy atom. The third-order valence-corrected chi connectivity index (χ3v) is 5.76. The average Bonchev–Trinajstić information content (AvgIpc) is 2.88. The Morgan fingerprint density at radius 3 is 2.78 bits per heavy atom.